The Balaban J connectivity index is 1.56. The van der Waals surface area contributed by atoms with Crippen molar-refractivity contribution in [3.8, 4) is 0 Å². The third-order valence-corrected chi connectivity index (χ3v) is 5.27. The maximum absolute atomic E-state index is 12.4. The first-order valence-electron chi connectivity index (χ1n) is 9.41. The Labute approximate surface area is 169 Å². The molecule has 0 fully saturated rings. The number of ether oxygens (including phenoxy) is 1. The number of nitrogens with zero attached hydrogens (tertiary/aromatic N) is 2. The number of carbonyl (C=O) groups excluding carboxylic acids is 2. The van der Waals surface area contributed by atoms with Crippen LogP contribution >= 0.6 is 11.8 Å². The molecule has 1 aromatic carbocycles. The first kappa shape index (κ1) is 20.4. The van der Waals surface area contributed by atoms with Crippen LogP contribution in [0.3, 0.4) is 0 Å². The molecule has 0 spiro atoms. The standard InChI is InChI=1S/C21H25N3O3S/c1-15(2)27-12-4-11-22-20(26)17-8-6-16(7-9-17)13-24-18-5-3-10-23-21(18)28-14-19(24)25/h3,5-10,15H,4,11-14H2,1-2H3,(H,22,26). The topological polar surface area (TPSA) is 71.5 Å². The van der Waals surface area contributed by atoms with Gasteiger partial charge in [0.15, 0.2) is 0 Å². The molecule has 0 saturated heterocycles. The van der Waals surface area contributed by atoms with Crippen LogP contribution in [0.4, 0.5) is 5.69 Å². The quantitative estimate of drug-likeness (QED) is 0.690. The van der Waals surface area contributed by atoms with Gasteiger partial charge in [0.25, 0.3) is 5.91 Å². The summed E-state index contributed by atoms with van der Waals surface area (Å²) in [6, 6.07) is 11.1. The molecule has 1 aromatic heterocycles. The highest BCUT2D eigenvalue weighted by atomic mass is 32.2. The summed E-state index contributed by atoms with van der Waals surface area (Å²) < 4.78 is 5.46. The van der Waals surface area contributed by atoms with Crippen molar-refractivity contribution in [1.29, 1.82) is 0 Å². The summed E-state index contributed by atoms with van der Waals surface area (Å²) >= 11 is 1.47. The van der Waals surface area contributed by atoms with E-state index in [-0.39, 0.29) is 17.9 Å². The van der Waals surface area contributed by atoms with Gasteiger partial charge in [-0.2, -0.15) is 0 Å². The van der Waals surface area contributed by atoms with E-state index in [1.807, 2.05) is 38.1 Å². The lowest BCUT2D eigenvalue weighted by Gasteiger charge is -2.28. The molecule has 1 N–H and O–H groups in total. The maximum Gasteiger partial charge on any atom is 0.251 e. The molecule has 6 nitrogen and oxygen atoms in total. The summed E-state index contributed by atoms with van der Waals surface area (Å²) in [6.07, 6.45) is 2.73. The van der Waals surface area contributed by atoms with Gasteiger partial charge in [-0.1, -0.05) is 23.9 Å². The van der Waals surface area contributed by atoms with Crippen molar-refractivity contribution < 1.29 is 14.3 Å². The average Bonchev–Trinajstić information content (AvgIpc) is 2.70. The number of hydrogen-bond donors (Lipinski definition) is 1. The first-order chi connectivity index (χ1) is 13.5. The average molecular weight is 400 g/mol. The predicted molar refractivity (Wildman–Crippen MR) is 111 cm³/mol. The Morgan fingerprint density at radius 2 is 2.07 bits per heavy atom. The molecule has 0 atom stereocenters. The number of anilines is 1. The second-order valence-corrected chi connectivity index (χ2v) is 7.79. The van der Waals surface area contributed by atoms with Crippen LogP contribution < -0.4 is 10.2 Å². The van der Waals surface area contributed by atoms with E-state index in [9.17, 15) is 9.59 Å². The monoisotopic (exact) mass is 399 g/mol. The van der Waals surface area contributed by atoms with Crippen LogP contribution in [-0.2, 0) is 16.1 Å². The molecule has 148 valence electrons. The minimum atomic E-state index is -0.101. The highest BCUT2D eigenvalue weighted by Gasteiger charge is 2.25. The number of aromatic nitrogens is 1. The van der Waals surface area contributed by atoms with Crippen molar-refractivity contribution in [2.24, 2.45) is 0 Å². The number of hydrogen-bond acceptors (Lipinski definition) is 5. The van der Waals surface area contributed by atoms with Gasteiger partial charge in [-0.25, -0.2) is 4.98 Å². The lowest BCUT2D eigenvalue weighted by atomic mass is 10.1. The van der Waals surface area contributed by atoms with Crippen molar-refractivity contribution in [3.63, 3.8) is 0 Å². The number of fused-ring (bicyclic) bond motifs is 1. The number of rotatable bonds is 8. The number of thioether (sulfide) groups is 1. The van der Waals surface area contributed by atoms with Crippen LogP contribution in [0.2, 0.25) is 0 Å². The van der Waals surface area contributed by atoms with Gasteiger partial charge in [0.2, 0.25) is 5.91 Å². The summed E-state index contributed by atoms with van der Waals surface area (Å²) in [7, 11) is 0. The molecular formula is C21H25N3O3S. The molecule has 0 bridgehead atoms. The summed E-state index contributed by atoms with van der Waals surface area (Å²) in [4.78, 5) is 30.7. The van der Waals surface area contributed by atoms with Crippen molar-refractivity contribution in [2.45, 2.75) is 37.9 Å². The SMILES string of the molecule is CC(C)OCCCNC(=O)c1ccc(CN2C(=O)CSc3ncccc32)cc1. The fourth-order valence-electron chi connectivity index (χ4n) is 2.85. The van der Waals surface area contributed by atoms with E-state index in [2.05, 4.69) is 10.3 Å². The van der Waals surface area contributed by atoms with Crippen LogP contribution in [-0.4, -0.2) is 41.8 Å². The number of amides is 2. The van der Waals surface area contributed by atoms with Crippen molar-refractivity contribution in [3.05, 3.63) is 53.7 Å². The fourth-order valence-corrected chi connectivity index (χ4v) is 3.73. The zero-order chi connectivity index (χ0) is 19.9. The summed E-state index contributed by atoms with van der Waals surface area (Å²) in [5, 5.41) is 3.77. The molecule has 3 rings (SSSR count). The molecule has 2 aromatic rings. The van der Waals surface area contributed by atoms with E-state index in [1.54, 1.807) is 23.2 Å². The summed E-state index contributed by atoms with van der Waals surface area (Å²) in [5.74, 6) is 0.359. The molecule has 1 aliphatic heterocycles. The minimum Gasteiger partial charge on any atom is -0.379 e. The molecule has 0 radical (unpaired) electrons. The third-order valence-electron chi connectivity index (χ3n) is 4.29. The van der Waals surface area contributed by atoms with Gasteiger partial charge in [-0.3, -0.25) is 9.59 Å². The molecule has 0 aliphatic carbocycles. The Morgan fingerprint density at radius 3 is 2.82 bits per heavy atom. The lowest BCUT2D eigenvalue weighted by molar-refractivity contribution is -0.116. The minimum absolute atomic E-state index is 0.0657. The van der Waals surface area contributed by atoms with Crippen molar-refractivity contribution in [2.75, 3.05) is 23.8 Å². The molecule has 7 heteroatoms. The molecule has 2 heterocycles. The largest absolute Gasteiger partial charge is 0.379 e. The molecule has 1 aliphatic rings. The summed E-state index contributed by atoms with van der Waals surface area (Å²) in [5.41, 5.74) is 2.42. The lowest BCUT2D eigenvalue weighted by Crippen LogP contribution is -2.35. The highest BCUT2D eigenvalue weighted by Crippen LogP contribution is 2.33. The number of benzene rings is 1. The van der Waals surface area contributed by atoms with Crippen molar-refractivity contribution in [1.82, 2.24) is 10.3 Å². The van der Waals surface area contributed by atoms with Gasteiger partial charge in [0, 0.05) is 24.9 Å². The summed E-state index contributed by atoms with van der Waals surface area (Å²) in [6.45, 7) is 5.66. The second-order valence-electron chi connectivity index (χ2n) is 6.82. The van der Waals surface area contributed by atoms with Crippen LogP contribution in [0.5, 0.6) is 0 Å². The van der Waals surface area contributed by atoms with E-state index in [1.165, 1.54) is 11.8 Å². The first-order valence-corrected chi connectivity index (χ1v) is 10.4. The van der Waals surface area contributed by atoms with Gasteiger partial charge >= 0.3 is 0 Å². The normalized spacial score (nSPS) is 13.5. The van der Waals surface area contributed by atoms with Crippen LogP contribution in [0.1, 0.15) is 36.2 Å². The van der Waals surface area contributed by atoms with Crippen molar-refractivity contribution >= 4 is 29.3 Å². The predicted octanol–water partition coefficient (Wildman–Crippen LogP) is 3.27. The van der Waals surface area contributed by atoms with Crippen LogP contribution in [0, 0.1) is 0 Å². The van der Waals surface area contributed by atoms with E-state index < -0.39 is 0 Å². The van der Waals surface area contributed by atoms with E-state index in [0.29, 0.717) is 31.0 Å². The number of nitrogens with one attached hydrogen (secondary N) is 1. The third kappa shape index (κ3) is 5.33. The molecule has 28 heavy (non-hydrogen) atoms. The second kappa shape index (κ2) is 9.71. The van der Waals surface area contributed by atoms with Gasteiger partial charge in [-0.15, -0.1) is 0 Å². The Kier molecular flexibility index (Phi) is 7.06. The zero-order valence-electron chi connectivity index (χ0n) is 16.2. The zero-order valence-corrected chi connectivity index (χ0v) is 17.0. The van der Waals surface area contributed by atoms with Gasteiger partial charge in [0.05, 0.1) is 24.1 Å². The molecular weight excluding hydrogens is 374 g/mol. The number of carbonyl (C=O) groups is 2. The maximum atomic E-state index is 12.4. The highest BCUT2D eigenvalue weighted by molar-refractivity contribution is 8.00. The fraction of sp³-hybridized carbons (Fsp3) is 0.381. The Bertz CT molecular complexity index is 824. The molecule has 0 saturated carbocycles. The van der Waals surface area contributed by atoms with Gasteiger partial charge < -0.3 is 15.0 Å². The number of pyridine rings is 1. The van der Waals surface area contributed by atoms with Gasteiger partial charge in [0.1, 0.15) is 5.03 Å². The van der Waals surface area contributed by atoms with Crippen LogP contribution in [0.15, 0.2) is 47.6 Å². The van der Waals surface area contributed by atoms with E-state index >= 15 is 0 Å². The van der Waals surface area contributed by atoms with Gasteiger partial charge in [-0.05, 0) is 50.1 Å². The molecule has 0 unspecified atom stereocenters. The smallest absolute Gasteiger partial charge is 0.251 e. The van der Waals surface area contributed by atoms with Crippen LogP contribution in [0.25, 0.3) is 0 Å². The van der Waals surface area contributed by atoms with E-state index in [4.69, 9.17) is 4.74 Å². The Hall–Kier alpha value is -2.38. The van der Waals surface area contributed by atoms with E-state index in [0.717, 1.165) is 22.7 Å². The molecule has 2 amide bonds. The Morgan fingerprint density at radius 1 is 1.29 bits per heavy atom.